The SMILES string of the molecule is O=C(c1cccs1)c1sc(N(c2ccccc2)c2ccccc2)nc1-c1ccc(C(F)(F)F)cc1. The van der Waals surface area contributed by atoms with Crippen molar-refractivity contribution in [1.82, 2.24) is 4.98 Å². The first-order valence-corrected chi connectivity index (χ1v) is 12.3. The maximum absolute atomic E-state index is 13.4. The highest BCUT2D eigenvalue weighted by Gasteiger charge is 2.31. The number of rotatable bonds is 6. The van der Waals surface area contributed by atoms with Gasteiger partial charge in [-0.1, -0.05) is 65.9 Å². The summed E-state index contributed by atoms with van der Waals surface area (Å²) in [7, 11) is 0. The minimum atomic E-state index is -4.45. The molecule has 0 aliphatic carbocycles. The fourth-order valence-electron chi connectivity index (χ4n) is 3.61. The van der Waals surface area contributed by atoms with Crippen molar-refractivity contribution < 1.29 is 18.0 Å². The van der Waals surface area contributed by atoms with Crippen molar-refractivity contribution in [3.05, 3.63) is 118 Å². The van der Waals surface area contributed by atoms with E-state index < -0.39 is 11.7 Å². The first-order valence-electron chi connectivity index (χ1n) is 10.6. The van der Waals surface area contributed by atoms with Gasteiger partial charge in [0.05, 0.1) is 16.1 Å². The van der Waals surface area contributed by atoms with Crippen LogP contribution in [0.1, 0.15) is 20.1 Å². The summed E-state index contributed by atoms with van der Waals surface area (Å²) in [5.41, 5.74) is 1.75. The van der Waals surface area contributed by atoms with Crippen molar-refractivity contribution in [1.29, 1.82) is 0 Å². The molecule has 0 aliphatic heterocycles. The third-order valence-corrected chi connectivity index (χ3v) is 7.18. The van der Waals surface area contributed by atoms with Crippen LogP contribution in [0.3, 0.4) is 0 Å². The minimum Gasteiger partial charge on any atom is -0.287 e. The number of para-hydroxylation sites is 2. The van der Waals surface area contributed by atoms with Crippen LogP contribution in [0.2, 0.25) is 0 Å². The number of benzene rings is 3. The van der Waals surface area contributed by atoms with E-state index in [2.05, 4.69) is 0 Å². The fraction of sp³-hybridized carbons (Fsp3) is 0.0370. The Bertz CT molecular complexity index is 1390. The molecule has 174 valence electrons. The summed E-state index contributed by atoms with van der Waals surface area (Å²) in [4.78, 5) is 21.1. The van der Waals surface area contributed by atoms with E-state index in [1.165, 1.54) is 34.8 Å². The number of anilines is 3. The van der Waals surface area contributed by atoms with Crippen LogP contribution in [-0.2, 0) is 6.18 Å². The number of thiophene rings is 1. The van der Waals surface area contributed by atoms with Gasteiger partial charge in [-0.3, -0.25) is 9.69 Å². The zero-order valence-corrected chi connectivity index (χ0v) is 19.7. The molecule has 0 spiro atoms. The van der Waals surface area contributed by atoms with E-state index in [1.807, 2.05) is 70.9 Å². The molecule has 0 amide bonds. The van der Waals surface area contributed by atoms with Gasteiger partial charge in [0.25, 0.3) is 0 Å². The molecule has 8 heteroatoms. The molecule has 35 heavy (non-hydrogen) atoms. The third kappa shape index (κ3) is 4.76. The van der Waals surface area contributed by atoms with Gasteiger partial charge in [-0.05, 0) is 47.8 Å². The number of halogens is 3. The lowest BCUT2D eigenvalue weighted by Gasteiger charge is -2.22. The fourth-order valence-corrected chi connectivity index (χ4v) is 5.43. The van der Waals surface area contributed by atoms with E-state index in [9.17, 15) is 18.0 Å². The van der Waals surface area contributed by atoms with Crippen molar-refractivity contribution in [2.24, 2.45) is 0 Å². The second-order valence-corrected chi connectivity index (χ2v) is 9.49. The number of carbonyl (C=O) groups excluding carboxylic acids is 1. The largest absolute Gasteiger partial charge is 0.416 e. The van der Waals surface area contributed by atoms with Crippen LogP contribution < -0.4 is 4.90 Å². The number of carbonyl (C=O) groups is 1. The van der Waals surface area contributed by atoms with Crippen LogP contribution >= 0.6 is 22.7 Å². The van der Waals surface area contributed by atoms with Crippen LogP contribution in [0.4, 0.5) is 29.7 Å². The quantitative estimate of drug-likeness (QED) is 0.216. The Kier molecular flexibility index (Phi) is 6.23. The molecule has 0 radical (unpaired) electrons. The van der Waals surface area contributed by atoms with Crippen LogP contribution in [0.25, 0.3) is 11.3 Å². The highest BCUT2D eigenvalue weighted by atomic mass is 32.1. The number of hydrogen-bond acceptors (Lipinski definition) is 5. The normalized spacial score (nSPS) is 11.4. The topological polar surface area (TPSA) is 33.2 Å². The van der Waals surface area contributed by atoms with Gasteiger partial charge in [0.15, 0.2) is 5.13 Å². The Morgan fingerprint density at radius 2 is 1.37 bits per heavy atom. The Morgan fingerprint density at radius 3 is 1.89 bits per heavy atom. The van der Waals surface area contributed by atoms with E-state index >= 15 is 0 Å². The lowest BCUT2D eigenvalue weighted by Crippen LogP contribution is -2.09. The number of nitrogens with zero attached hydrogens (tertiary/aromatic N) is 2. The molecule has 0 atom stereocenters. The molecule has 2 heterocycles. The second-order valence-electron chi connectivity index (χ2n) is 7.56. The van der Waals surface area contributed by atoms with Crippen molar-refractivity contribution in [2.75, 3.05) is 4.90 Å². The third-order valence-electron chi connectivity index (χ3n) is 5.27. The van der Waals surface area contributed by atoms with Crippen molar-refractivity contribution in [2.45, 2.75) is 6.18 Å². The van der Waals surface area contributed by atoms with E-state index in [0.29, 0.717) is 26.1 Å². The summed E-state index contributed by atoms with van der Waals surface area (Å²) in [5, 5.41) is 2.35. The average Bonchev–Trinajstić information content (AvgIpc) is 3.56. The minimum absolute atomic E-state index is 0.209. The van der Waals surface area contributed by atoms with Gasteiger partial charge in [-0.25, -0.2) is 4.98 Å². The molecule has 0 saturated carbocycles. The van der Waals surface area contributed by atoms with Crippen molar-refractivity contribution in [3.8, 4) is 11.3 Å². The van der Waals surface area contributed by atoms with Crippen LogP contribution in [0.15, 0.2) is 102 Å². The summed E-state index contributed by atoms with van der Waals surface area (Å²) < 4.78 is 39.4. The Balaban J connectivity index is 1.68. The molecule has 0 unspecified atom stereocenters. The number of hydrogen-bond donors (Lipinski definition) is 0. The highest BCUT2D eigenvalue weighted by Crippen LogP contribution is 2.42. The maximum Gasteiger partial charge on any atom is 0.416 e. The molecule has 0 aliphatic rings. The molecular formula is C27H17F3N2OS2. The van der Waals surface area contributed by atoms with Crippen molar-refractivity contribution >= 4 is 45.0 Å². The smallest absolute Gasteiger partial charge is 0.287 e. The summed E-state index contributed by atoms with van der Waals surface area (Å²) in [6, 6.07) is 27.5. The molecule has 5 aromatic rings. The standard InChI is InChI=1S/C27H17F3N2OS2/c28-27(29,30)19-15-13-18(14-16-19)23-25(24(33)22-12-7-17-34-22)35-26(31-23)32(20-8-3-1-4-9-20)21-10-5-2-6-11-21/h1-17H. The number of alkyl halides is 3. The summed E-state index contributed by atoms with van der Waals surface area (Å²) in [6.45, 7) is 0. The monoisotopic (exact) mass is 506 g/mol. The lowest BCUT2D eigenvalue weighted by atomic mass is 10.1. The van der Waals surface area contributed by atoms with Crippen LogP contribution in [0.5, 0.6) is 0 Å². The number of thiazole rings is 1. The van der Waals surface area contributed by atoms with Gasteiger partial charge < -0.3 is 0 Å². The highest BCUT2D eigenvalue weighted by molar-refractivity contribution is 7.19. The molecule has 0 fully saturated rings. The summed E-state index contributed by atoms with van der Waals surface area (Å²) in [6.07, 6.45) is -4.45. The van der Waals surface area contributed by atoms with E-state index in [4.69, 9.17) is 4.98 Å². The van der Waals surface area contributed by atoms with E-state index in [0.717, 1.165) is 23.5 Å². The lowest BCUT2D eigenvalue weighted by molar-refractivity contribution is -0.137. The van der Waals surface area contributed by atoms with Crippen LogP contribution in [0, 0.1) is 0 Å². The summed E-state index contributed by atoms with van der Waals surface area (Å²) >= 11 is 2.53. The van der Waals surface area contributed by atoms with Crippen LogP contribution in [-0.4, -0.2) is 10.8 Å². The van der Waals surface area contributed by atoms with Gasteiger partial charge in [0.2, 0.25) is 5.78 Å². The van der Waals surface area contributed by atoms with Gasteiger partial charge in [-0.15, -0.1) is 11.3 Å². The molecule has 5 rings (SSSR count). The molecule has 0 saturated heterocycles. The molecular weight excluding hydrogens is 489 g/mol. The first-order chi connectivity index (χ1) is 16.9. The molecule has 2 aromatic heterocycles. The molecule has 3 aromatic carbocycles. The number of ketones is 1. The average molecular weight is 507 g/mol. The second kappa shape index (κ2) is 9.48. The molecule has 3 nitrogen and oxygen atoms in total. The number of aromatic nitrogens is 1. The first kappa shape index (κ1) is 23.0. The Labute approximate surface area is 207 Å². The summed E-state index contributed by atoms with van der Waals surface area (Å²) in [5.74, 6) is -0.209. The molecule has 0 N–H and O–H groups in total. The molecule has 0 bridgehead atoms. The predicted octanol–water partition coefficient (Wildman–Crippen LogP) is 8.59. The zero-order chi connectivity index (χ0) is 24.4. The zero-order valence-electron chi connectivity index (χ0n) is 18.1. The Morgan fingerprint density at radius 1 is 0.771 bits per heavy atom. The predicted molar refractivity (Wildman–Crippen MR) is 135 cm³/mol. The van der Waals surface area contributed by atoms with Crippen molar-refractivity contribution in [3.63, 3.8) is 0 Å². The van der Waals surface area contributed by atoms with Gasteiger partial charge in [-0.2, -0.15) is 13.2 Å². The van der Waals surface area contributed by atoms with E-state index in [-0.39, 0.29) is 5.78 Å². The van der Waals surface area contributed by atoms with Gasteiger partial charge >= 0.3 is 6.18 Å². The van der Waals surface area contributed by atoms with Gasteiger partial charge in [0, 0.05) is 16.9 Å². The van der Waals surface area contributed by atoms with Gasteiger partial charge in [0.1, 0.15) is 4.88 Å². The van der Waals surface area contributed by atoms with E-state index in [1.54, 1.807) is 12.1 Å². The maximum atomic E-state index is 13.4. The Hall–Kier alpha value is -3.75.